The average molecular weight is 162 g/mol. The predicted octanol–water partition coefficient (Wildman–Crippen LogP) is 1.39. The van der Waals surface area contributed by atoms with Crippen LogP contribution in [0.1, 0.15) is 30.5 Å². The van der Waals surface area contributed by atoms with Crippen molar-refractivity contribution in [2.24, 2.45) is 0 Å². The SMILES string of the molecule is c1ncc2c(n1)C1(CCC1)OC2. The van der Waals surface area contributed by atoms with E-state index in [1.54, 1.807) is 6.33 Å². The molecular weight excluding hydrogens is 152 g/mol. The normalized spacial score (nSPS) is 23.7. The zero-order valence-corrected chi connectivity index (χ0v) is 6.79. The van der Waals surface area contributed by atoms with E-state index >= 15 is 0 Å². The van der Waals surface area contributed by atoms with E-state index < -0.39 is 0 Å². The maximum absolute atomic E-state index is 5.74. The fourth-order valence-corrected chi connectivity index (χ4v) is 2.04. The zero-order chi connectivity index (χ0) is 8.02. The van der Waals surface area contributed by atoms with Crippen LogP contribution in [0.3, 0.4) is 0 Å². The summed E-state index contributed by atoms with van der Waals surface area (Å²) in [7, 11) is 0. The molecule has 1 spiro atoms. The molecule has 1 aliphatic carbocycles. The molecule has 0 bridgehead atoms. The second kappa shape index (κ2) is 2.04. The van der Waals surface area contributed by atoms with Gasteiger partial charge in [0.25, 0.3) is 0 Å². The number of fused-ring (bicyclic) bond motifs is 2. The van der Waals surface area contributed by atoms with Gasteiger partial charge in [-0.15, -0.1) is 0 Å². The van der Waals surface area contributed by atoms with Crippen LogP contribution in [0.15, 0.2) is 12.5 Å². The highest BCUT2D eigenvalue weighted by Crippen LogP contribution is 2.49. The van der Waals surface area contributed by atoms with Gasteiger partial charge in [0.15, 0.2) is 0 Å². The molecule has 2 heterocycles. The third-order valence-corrected chi connectivity index (χ3v) is 2.88. The van der Waals surface area contributed by atoms with Gasteiger partial charge in [0.05, 0.1) is 12.3 Å². The van der Waals surface area contributed by atoms with Gasteiger partial charge in [-0.1, -0.05) is 0 Å². The van der Waals surface area contributed by atoms with Crippen molar-refractivity contribution in [2.45, 2.75) is 31.5 Å². The van der Waals surface area contributed by atoms with Crippen molar-refractivity contribution in [2.75, 3.05) is 0 Å². The molecule has 0 amide bonds. The summed E-state index contributed by atoms with van der Waals surface area (Å²) in [6.45, 7) is 0.705. The van der Waals surface area contributed by atoms with Crippen LogP contribution in [0.5, 0.6) is 0 Å². The molecule has 1 fully saturated rings. The Hall–Kier alpha value is -0.960. The molecular formula is C9H10N2O. The van der Waals surface area contributed by atoms with Crippen LogP contribution in [-0.4, -0.2) is 9.97 Å². The van der Waals surface area contributed by atoms with Crippen LogP contribution in [0.25, 0.3) is 0 Å². The number of hydrogen-bond donors (Lipinski definition) is 0. The number of aromatic nitrogens is 2. The first kappa shape index (κ1) is 6.54. The summed E-state index contributed by atoms with van der Waals surface area (Å²) in [5.41, 5.74) is 2.32. The molecule has 0 N–H and O–H groups in total. The Morgan fingerprint density at radius 3 is 3.08 bits per heavy atom. The van der Waals surface area contributed by atoms with Crippen molar-refractivity contribution in [3.63, 3.8) is 0 Å². The summed E-state index contributed by atoms with van der Waals surface area (Å²) < 4.78 is 5.74. The van der Waals surface area contributed by atoms with Crippen LogP contribution < -0.4 is 0 Å². The van der Waals surface area contributed by atoms with E-state index in [1.807, 2.05) is 6.20 Å². The first-order valence-corrected chi connectivity index (χ1v) is 4.34. The Labute approximate surface area is 70.8 Å². The quantitative estimate of drug-likeness (QED) is 0.578. The molecule has 1 saturated carbocycles. The molecule has 0 unspecified atom stereocenters. The van der Waals surface area contributed by atoms with E-state index in [4.69, 9.17) is 4.74 Å². The summed E-state index contributed by atoms with van der Waals surface area (Å²) >= 11 is 0. The highest BCUT2D eigenvalue weighted by Gasteiger charge is 2.46. The Morgan fingerprint density at radius 1 is 1.42 bits per heavy atom. The minimum absolute atomic E-state index is 0.00171. The Morgan fingerprint density at radius 2 is 2.33 bits per heavy atom. The van der Waals surface area contributed by atoms with Crippen LogP contribution >= 0.6 is 0 Å². The van der Waals surface area contributed by atoms with Crippen LogP contribution in [0.4, 0.5) is 0 Å². The first-order valence-electron chi connectivity index (χ1n) is 4.34. The lowest BCUT2D eigenvalue weighted by Gasteiger charge is -2.36. The van der Waals surface area contributed by atoms with E-state index in [0.717, 1.165) is 18.5 Å². The molecule has 12 heavy (non-hydrogen) atoms. The van der Waals surface area contributed by atoms with Gasteiger partial charge in [0, 0.05) is 11.8 Å². The van der Waals surface area contributed by atoms with E-state index in [9.17, 15) is 0 Å². The van der Waals surface area contributed by atoms with Crippen molar-refractivity contribution in [3.05, 3.63) is 23.8 Å². The van der Waals surface area contributed by atoms with Crippen molar-refractivity contribution >= 4 is 0 Å². The van der Waals surface area contributed by atoms with E-state index in [-0.39, 0.29) is 5.60 Å². The van der Waals surface area contributed by atoms with Crippen LogP contribution in [0.2, 0.25) is 0 Å². The van der Waals surface area contributed by atoms with Crippen LogP contribution in [-0.2, 0) is 16.9 Å². The lowest BCUT2D eigenvalue weighted by Crippen LogP contribution is -2.34. The van der Waals surface area contributed by atoms with E-state index in [1.165, 1.54) is 12.0 Å². The third kappa shape index (κ3) is 0.648. The topological polar surface area (TPSA) is 35.0 Å². The zero-order valence-electron chi connectivity index (χ0n) is 6.79. The monoisotopic (exact) mass is 162 g/mol. The minimum atomic E-state index is -0.00171. The molecule has 0 aromatic carbocycles. The average Bonchev–Trinajstić information content (AvgIpc) is 2.42. The predicted molar refractivity (Wildman–Crippen MR) is 42.4 cm³/mol. The lowest BCUT2D eigenvalue weighted by atomic mass is 9.77. The van der Waals surface area contributed by atoms with Gasteiger partial charge >= 0.3 is 0 Å². The van der Waals surface area contributed by atoms with Crippen molar-refractivity contribution in [3.8, 4) is 0 Å². The third-order valence-electron chi connectivity index (χ3n) is 2.88. The summed E-state index contributed by atoms with van der Waals surface area (Å²) in [5, 5.41) is 0. The second-order valence-corrected chi connectivity index (χ2v) is 3.53. The highest BCUT2D eigenvalue weighted by molar-refractivity contribution is 5.28. The molecule has 1 aliphatic heterocycles. The molecule has 0 saturated heterocycles. The first-order chi connectivity index (χ1) is 5.91. The van der Waals surface area contributed by atoms with Gasteiger partial charge in [-0.2, -0.15) is 0 Å². The lowest BCUT2D eigenvalue weighted by molar-refractivity contribution is -0.0965. The standard InChI is InChI=1S/C9H10N2O/c1-2-9(3-1)8-7(5-12-9)4-10-6-11-8/h4,6H,1-3,5H2. The van der Waals surface area contributed by atoms with E-state index in [2.05, 4.69) is 9.97 Å². The number of rotatable bonds is 0. The summed E-state index contributed by atoms with van der Waals surface area (Å²) in [5.74, 6) is 0. The fourth-order valence-electron chi connectivity index (χ4n) is 2.04. The summed E-state index contributed by atoms with van der Waals surface area (Å²) in [6, 6.07) is 0. The molecule has 3 rings (SSSR count). The summed E-state index contributed by atoms with van der Waals surface area (Å²) in [4.78, 5) is 8.29. The van der Waals surface area contributed by atoms with Crippen molar-refractivity contribution in [1.82, 2.24) is 9.97 Å². The fraction of sp³-hybridized carbons (Fsp3) is 0.556. The Kier molecular flexibility index (Phi) is 1.11. The molecule has 0 radical (unpaired) electrons. The number of ether oxygens (including phenoxy) is 1. The molecule has 3 nitrogen and oxygen atoms in total. The number of hydrogen-bond acceptors (Lipinski definition) is 3. The summed E-state index contributed by atoms with van der Waals surface area (Å²) in [6.07, 6.45) is 7.03. The maximum Gasteiger partial charge on any atom is 0.115 e. The molecule has 0 atom stereocenters. The highest BCUT2D eigenvalue weighted by atomic mass is 16.5. The maximum atomic E-state index is 5.74. The molecule has 1 aromatic rings. The van der Waals surface area contributed by atoms with Crippen molar-refractivity contribution in [1.29, 1.82) is 0 Å². The van der Waals surface area contributed by atoms with Gasteiger partial charge in [-0.05, 0) is 19.3 Å². The largest absolute Gasteiger partial charge is 0.364 e. The number of nitrogens with zero attached hydrogens (tertiary/aromatic N) is 2. The smallest absolute Gasteiger partial charge is 0.115 e. The Bertz CT molecular complexity index is 320. The van der Waals surface area contributed by atoms with Gasteiger partial charge in [0.2, 0.25) is 0 Å². The second-order valence-electron chi connectivity index (χ2n) is 3.53. The van der Waals surface area contributed by atoms with Gasteiger partial charge in [-0.25, -0.2) is 9.97 Å². The molecule has 2 aliphatic rings. The van der Waals surface area contributed by atoms with Gasteiger partial charge in [-0.3, -0.25) is 0 Å². The molecule has 1 aromatic heterocycles. The molecule has 3 heteroatoms. The van der Waals surface area contributed by atoms with Gasteiger partial charge in [0.1, 0.15) is 11.9 Å². The van der Waals surface area contributed by atoms with Crippen molar-refractivity contribution < 1.29 is 4.74 Å². The minimum Gasteiger partial charge on any atom is -0.364 e. The Balaban J connectivity index is 2.13. The van der Waals surface area contributed by atoms with E-state index in [0.29, 0.717) is 6.61 Å². The van der Waals surface area contributed by atoms with Gasteiger partial charge < -0.3 is 4.74 Å². The molecule has 62 valence electrons. The van der Waals surface area contributed by atoms with Crippen LogP contribution in [0, 0.1) is 0 Å².